The highest BCUT2D eigenvalue weighted by Gasteiger charge is 2.51. The van der Waals surface area contributed by atoms with Crippen molar-refractivity contribution in [2.75, 3.05) is 13.7 Å². The Kier molecular flexibility index (Phi) is 7.78. The van der Waals surface area contributed by atoms with Crippen LogP contribution in [0.2, 0.25) is 0 Å². The van der Waals surface area contributed by atoms with Crippen molar-refractivity contribution >= 4 is 23.9 Å². The van der Waals surface area contributed by atoms with Gasteiger partial charge in [0.05, 0.1) is 0 Å². The van der Waals surface area contributed by atoms with Crippen LogP contribution in [0.15, 0.2) is 0 Å². The summed E-state index contributed by atoms with van der Waals surface area (Å²) in [5.74, 6) is -2.52. The highest BCUT2D eigenvalue weighted by molar-refractivity contribution is 5.68. The fourth-order valence-corrected chi connectivity index (χ4v) is 2.46. The number of carbonyl (C=O) groups excluding carboxylic acids is 4. The fraction of sp³-hybridized carbons (Fsp3) is 0.733. The lowest BCUT2D eigenvalue weighted by Gasteiger charge is -2.44. The summed E-state index contributed by atoms with van der Waals surface area (Å²) in [5.41, 5.74) is 0. The third-order valence-electron chi connectivity index (χ3n) is 3.28. The number of likely N-dealkylation sites (N-methyl/N-ethyl adjacent to an activating group) is 1. The van der Waals surface area contributed by atoms with Crippen molar-refractivity contribution in [1.82, 2.24) is 5.32 Å². The van der Waals surface area contributed by atoms with Crippen LogP contribution in [0.25, 0.3) is 0 Å². The normalized spacial score (nSPS) is 28.6. The Morgan fingerprint density at radius 2 is 1.28 bits per heavy atom. The maximum absolute atomic E-state index is 11.5. The van der Waals surface area contributed by atoms with Crippen molar-refractivity contribution in [3.05, 3.63) is 0 Å². The van der Waals surface area contributed by atoms with Gasteiger partial charge in [-0.05, 0) is 7.05 Å². The first-order valence-corrected chi connectivity index (χ1v) is 7.63. The van der Waals surface area contributed by atoms with E-state index in [9.17, 15) is 19.2 Å². The lowest BCUT2D eigenvalue weighted by molar-refractivity contribution is -0.256. The minimum Gasteiger partial charge on any atom is -0.463 e. The molecule has 0 aromatic carbocycles. The second kappa shape index (κ2) is 9.33. The molecular weight excluding hydrogens is 338 g/mol. The van der Waals surface area contributed by atoms with Crippen LogP contribution in [0.3, 0.4) is 0 Å². The van der Waals surface area contributed by atoms with E-state index in [0.29, 0.717) is 0 Å². The third kappa shape index (κ3) is 6.31. The third-order valence-corrected chi connectivity index (χ3v) is 3.28. The van der Waals surface area contributed by atoms with Gasteiger partial charge in [-0.25, -0.2) is 0 Å². The molecule has 10 nitrogen and oxygen atoms in total. The molecule has 0 bridgehead atoms. The molecule has 0 aliphatic carbocycles. The molecule has 0 unspecified atom stereocenters. The molecule has 1 rings (SSSR count). The maximum Gasteiger partial charge on any atom is 0.303 e. The molecule has 0 aromatic heterocycles. The van der Waals surface area contributed by atoms with E-state index >= 15 is 0 Å². The van der Waals surface area contributed by atoms with E-state index in [2.05, 4.69) is 5.32 Å². The van der Waals surface area contributed by atoms with E-state index in [0.717, 1.165) is 0 Å². The standard InChI is InChI=1S/C15H23NO9/c1-7(17)21-6-11-12(22-8(2)18)13(23-9(3)19)14(24-10(4)20)15(16-5)25-11/h11-16H,6H2,1-5H3/t11-,12-,13+,14-,15-/m1/s1. The Labute approximate surface area is 145 Å². The lowest BCUT2D eigenvalue weighted by Crippen LogP contribution is -2.65. The molecule has 0 spiro atoms. The van der Waals surface area contributed by atoms with Crippen molar-refractivity contribution < 1.29 is 42.9 Å². The molecule has 5 atom stereocenters. The zero-order valence-corrected chi connectivity index (χ0v) is 14.8. The summed E-state index contributed by atoms with van der Waals surface area (Å²) in [6.45, 7) is 4.49. The first kappa shape index (κ1) is 20.8. The summed E-state index contributed by atoms with van der Waals surface area (Å²) in [4.78, 5) is 45.4. The van der Waals surface area contributed by atoms with Crippen LogP contribution in [0.1, 0.15) is 27.7 Å². The number of esters is 4. The summed E-state index contributed by atoms with van der Waals surface area (Å²) in [6.07, 6.45) is -5.14. The van der Waals surface area contributed by atoms with Gasteiger partial charge in [0, 0.05) is 27.7 Å². The molecule has 1 aliphatic rings. The van der Waals surface area contributed by atoms with E-state index in [1.54, 1.807) is 7.05 Å². The smallest absolute Gasteiger partial charge is 0.303 e. The van der Waals surface area contributed by atoms with Crippen LogP contribution in [0.5, 0.6) is 0 Å². The van der Waals surface area contributed by atoms with Gasteiger partial charge in [-0.15, -0.1) is 0 Å². The van der Waals surface area contributed by atoms with Crippen LogP contribution >= 0.6 is 0 Å². The molecule has 10 heteroatoms. The van der Waals surface area contributed by atoms with Gasteiger partial charge in [0.2, 0.25) is 0 Å². The fourth-order valence-electron chi connectivity index (χ4n) is 2.46. The van der Waals surface area contributed by atoms with Crippen molar-refractivity contribution in [2.45, 2.75) is 58.3 Å². The van der Waals surface area contributed by atoms with Crippen LogP contribution < -0.4 is 5.32 Å². The Morgan fingerprint density at radius 3 is 1.72 bits per heavy atom. The molecule has 1 saturated heterocycles. The van der Waals surface area contributed by atoms with Gasteiger partial charge in [-0.1, -0.05) is 0 Å². The largest absolute Gasteiger partial charge is 0.463 e. The molecule has 142 valence electrons. The first-order chi connectivity index (χ1) is 11.6. The van der Waals surface area contributed by atoms with Gasteiger partial charge in [0.15, 0.2) is 18.3 Å². The van der Waals surface area contributed by atoms with Gasteiger partial charge in [-0.3, -0.25) is 24.5 Å². The Balaban J connectivity index is 3.18. The summed E-state index contributed by atoms with van der Waals surface area (Å²) in [5, 5.41) is 2.78. The molecule has 0 saturated carbocycles. The Morgan fingerprint density at radius 1 is 0.800 bits per heavy atom. The molecule has 1 fully saturated rings. The van der Waals surface area contributed by atoms with Crippen molar-refractivity contribution in [3.63, 3.8) is 0 Å². The minimum atomic E-state index is -1.14. The van der Waals surface area contributed by atoms with Crippen LogP contribution in [-0.4, -0.2) is 68.2 Å². The Hall–Kier alpha value is -2.20. The minimum absolute atomic E-state index is 0.240. The number of hydrogen-bond donors (Lipinski definition) is 1. The monoisotopic (exact) mass is 361 g/mol. The lowest BCUT2D eigenvalue weighted by atomic mass is 9.97. The number of nitrogens with one attached hydrogen (secondary N) is 1. The zero-order valence-electron chi connectivity index (χ0n) is 14.8. The average Bonchev–Trinajstić information content (AvgIpc) is 2.48. The van der Waals surface area contributed by atoms with Crippen LogP contribution in [-0.2, 0) is 42.9 Å². The summed E-state index contributed by atoms with van der Waals surface area (Å²) in [7, 11) is 1.54. The van der Waals surface area contributed by atoms with Gasteiger partial charge >= 0.3 is 23.9 Å². The van der Waals surface area contributed by atoms with Crippen molar-refractivity contribution in [1.29, 1.82) is 0 Å². The quantitative estimate of drug-likeness (QED) is 0.479. The van der Waals surface area contributed by atoms with Gasteiger partial charge in [-0.2, -0.15) is 0 Å². The topological polar surface area (TPSA) is 126 Å². The molecule has 1 heterocycles. The number of carbonyl (C=O) groups is 4. The molecule has 1 aliphatic heterocycles. The van der Waals surface area contributed by atoms with E-state index in [-0.39, 0.29) is 6.61 Å². The van der Waals surface area contributed by atoms with Gasteiger partial charge < -0.3 is 23.7 Å². The highest BCUT2D eigenvalue weighted by atomic mass is 16.7. The second-order valence-electron chi connectivity index (χ2n) is 5.41. The van der Waals surface area contributed by atoms with Gasteiger partial charge in [0.1, 0.15) is 18.9 Å². The zero-order chi connectivity index (χ0) is 19.1. The predicted octanol–water partition coefficient (Wildman–Crippen LogP) is -0.711. The van der Waals surface area contributed by atoms with Gasteiger partial charge in [0.25, 0.3) is 0 Å². The summed E-state index contributed by atoms with van der Waals surface area (Å²) >= 11 is 0. The first-order valence-electron chi connectivity index (χ1n) is 7.63. The van der Waals surface area contributed by atoms with E-state index in [4.69, 9.17) is 23.7 Å². The summed E-state index contributed by atoms with van der Waals surface area (Å²) < 4.78 is 26.2. The molecule has 0 amide bonds. The predicted molar refractivity (Wildman–Crippen MR) is 81.0 cm³/mol. The number of ether oxygens (including phenoxy) is 5. The van der Waals surface area contributed by atoms with Crippen LogP contribution in [0.4, 0.5) is 0 Å². The molecular formula is C15H23NO9. The molecule has 1 N–H and O–H groups in total. The number of rotatable bonds is 6. The van der Waals surface area contributed by atoms with E-state index in [1.165, 1.54) is 27.7 Å². The molecule has 25 heavy (non-hydrogen) atoms. The second-order valence-corrected chi connectivity index (χ2v) is 5.41. The number of hydrogen-bond acceptors (Lipinski definition) is 10. The average molecular weight is 361 g/mol. The van der Waals surface area contributed by atoms with Crippen molar-refractivity contribution in [3.8, 4) is 0 Å². The van der Waals surface area contributed by atoms with Crippen LogP contribution in [0, 0.1) is 0 Å². The Bertz CT molecular complexity index is 521. The molecule has 0 radical (unpaired) electrons. The maximum atomic E-state index is 11.5. The SMILES string of the molecule is CN[C@@H]1O[C@H](COC(C)=O)[C@@H](OC(C)=O)[C@H](OC(C)=O)[C@H]1OC(C)=O. The molecule has 0 aromatic rings. The highest BCUT2D eigenvalue weighted by Crippen LogP contribution is 2.28. The summed E-state index contributed by atoms with van der Waals surface area (Å²) in [6, 6.07) is 0. The van der Waals surface area contributed by atoms with Crippen molar-refractivity contribution in [2.24, 2.45) is 0 Å². The van der Waals surface area contributed by atoms with E-state index in [1.807, 2.05) is 0 Å². The van der Waals surface area contributed by atoms with E-state index < -0.39 is 54.5 Å².